The van der Waals surface area contributed by atoms with Crippen LogP contribution in [0.3, 0.4) is 0 Å². The first kappa shape index (κ1) is 14.4. The predicted molar refractivity (Wildman–Crippen MR) is 75.8 cm³/mol. The van der Waals surface area contributed by atoms with Crippen LogP contribution >= 0.6 is 27.5 Å². The topological polar surface area (TPSA) is 98.0 Å². The molecule has 102 valence electrons. The first-order chi connectivity index (χ1) is 9.45. The van der Waals surface area contributed by atoms with Gasteiger partial charge in [0.1, 0.15) is 5.82 Å². The Labute approximate surface area is 126 Å². The van der Waals surface area contributed by atoms with E-state index in [0.717, 1.165) is 0 Å². The number of anilines is 1. The summed E-state index contributed by atoms with van der Waals surface area (Å²) < 4.78 is 0.428. The summed E-state index contributed by atoms with van der Waals surface area (Å²) in [5.74, 6) is -0.332. The highest BCUT2D eigenvalue weighted by Gasteiger charge is 2.14. The van der Waals surface area contributed by atoms with Crippen LogP contribution in [-0.4, -0.2) is 20.8 Å². The molecule has 7 nitrogen and oxygen atoms in total. The molecule has 9 heteroatoms. The number of nitrogens with one attached hydrogen (secondary N) is 1. The van der Waals surface area contributed by atoms with Crippen molar-refractivity contribution in [3.05, 3.63) is 55.9 Å². The Morgan fingerprint density at radius 2 is 2.15 bits per heavy atom. The van der Waals surface area contributed by atoms with E-state index < -0.39 is 10.8 Å². The molecular weight excluding hydrogens is 352 g/mol. The van der Waals surface area contributed by atoms with Gasteiger partial charge in [0.2, 0.25) is 5.28 Å². The molecule has 0 aliphatic carbocycles. The zero-order valence-corrected chi connectivity index (χ0v) is 12.1. The van der Waals surface area contributed by atoms with Crippen molar-refractivity contribution in [2.24, 2.45) is 0 Å². The summed E-state index contributed by atoms with van der Waals surface area (Å²) in [5, 5.41) is 13.2. The van der Waals surface area contributed by atoms with Crippen LogP contribution in [0.2, 0.25) is 5.28 Å². The van der Waals surface area contributed by atoms with Crippen LogP contribution in [0.15, 0.2) is 34.9 Å². The summed E-state index contributed by atoms with van der Waals surface area (Å²) in [6, 6.07) is 5.39. The molecule has 1 amide bonds. The van der Waals surface area contributed by atoms with Crippen molar-refractivity contribution in [3.63, 3.8) is 0 Å². The number of carbonyl (C=O) groups excluding carboxylic acids is 1. The first-order valence-corrected chi connectivity index (χ1v) is 6.37. The van der Waals surface area contributed by atoms with E-state index in [1.54, 1.807) is 0 Å². The summed E-state index contributed by atoms with van der Waals surface area (Å²) >= 11 is 8.71. The molecule has 0 unspecified atom stereocenters. The van der Waals surface area contributed by atoms with Crippen molar-refractivity contribution in [1.29, 1.82) is 0 Å². The maximum atomic E-state index is 12.0. The Kier molecular flexibility index (Phi) is 4.26. The lowest BCUT2D eigenvalue weighted by Gasteiger charge is -2.05. The Morgan fingerprint density at radius 1 is 1.40 bits per heavy atom. The summed E-state index contributed by atoms with van der Waals surface area (Å²) in [5.41, 5.74) is -0.0638. The third-order valence-corrected chi connectivity index (χ3v) is 2.86. The second kappa shape index (κ2) is 5.93. The Morgan fingerprint density at radius 3 is 2.80 bits per heavy atom. The van der Waals surface area contributed by atoms with E-state index in [4.69, 9.17) is 11.6 Å². The van der Waals surface area contributed by atoms with Gasteiger partial charge in [-0.2, -0.15) is 0 Å². The van der Waals surface area contributed by atoms with Gasteiger partial charge in [0.05, 0.1) is 4.92 Å². The van der Waals surface area contributed by atoms with Crippen molar-refractivity contribution in [2.75, 3.05) is 5.32 Å². The highest BCUT2D eigenvalue weighted by molar-refractivity contribution is 9.10. The Bertz CT molecular complexity index is 695. The second-order valence-corrected chi connectivity index (χ2v) is 4.87. The normalized spacial score (nSPS) is 10.1. The molecule has 0 atom stereocenters. The van der Waals surface area contributed by atoms with E-state index in [1.807, 2.05) is 0 Å². The fourth-order valence-electron chi connectivity index (χ4n) is 1.40. The molecule has 0 saturated carbocycles. The standard InChI is InChI=1S/C11H6BrClN4O3/c12-7-3-6(4-8(5-7)17(19)20)10(18)15-9-1-2-14-11(13)16-9/h1-5H,(H,14,15,16,18). The highest BCUT2D eigenvalue weighted by Crippen LogP contribution is 2.22. The number of nitro benzene ring substituents is 1. The number of benzene rings is 1. The molecule has 0 spiro atoms. The number of hydrogen-bond donors (Lipinski definition) is 1. The number of aromatic nitrogens is 2. The van der Waals surface area contributed by atoms with Gasteiger partial charge in [0, 0.05) is 28.4 Å². The molecule has 0 radical (unpaired) electrons. The molecule has 20 heavy (non-hydrogen) atoms. The maximum Gasteiger partial charge on any atom is 0.271 e. The van der Waals surface area contributed by atoms with Gasteiger partial charge in [-0.25, -0.2) is 9.97 Å². The summed E-state index contributed by atoms with van der Waals surface area (Å²) in [6.07, 6.45) is 1.38. The lowest BCUT2D eigenvalue weighted by atomic mass is 10.2. The van der Waals surface area contributed by atoms with E-state index in [0.29, 0.717) is 4.47 Å². The largest absolute Gasteiger partial charge is 0.306 e. The third-order valence-electron chi connectivity index (χ3n) is 2.22. The third kappa shape index (κ3) is 3.49. The van der Waals surface area contributed by atoms with Crippen molar-refractivity contribution in [3.8, 4) is 0 Å². The zero-order valence-electron chi connectivity index (χ0n) is 9.71. The number of halogens is 2. The number of hydrogen-bond acceptors (Lipinski definition) is 5. The van der Waals surface area contributed by atoms with Crippen molar-refractivity contribution in [2.45, 2.75) is 0 Å². The van der Waals surface area contributed by atoms with Gasteiger partial charge in [-0.1, -0.05) is 15.9 Å². The van der Waals surface area contributed by atoms with Crippen molar-refractivity contribution >= 4 is 44.9 Å². The smallest absolute Gasteiger partial charge is 0.271 e. The zero-order chi connectivity index (χ0) is 14.7. The number of nitrogens with zero attached hydrogens (tertiary/aromatic N) is 3. The minimum Gasteiger partial charge on any atom is -0.306 e. The molecule has 0 aliphatic heterocycles. The second-order valence-electron chi connectivity index (χ2n) is 3.62. The molecule has 2 rings (SSSR count). The SMILES string of the molecule is O=C(Nc1ccnc(Cl)n1)c1cc(Br)cc([N+](=O)[O-])c1. The Hall–Kier alpha value is -2.06. The van der Waals surface area contributed by atoms with Crippen LogP contribution in [0.25, 0.3) is 0 Å². The van der Waals surface area contributed by atoms with Gasteiger partial charge in [0.25, 0.3) is 11.6 Å². The maximum absolute atomic E-state index is 12.0. The monoisotopic (exact) mass is 356 g/mol. The van der Waals surface area contributed by atoms with E-state index in [-0.39, 0.29) is 22.4 Å². The number of rotatable bonds is 3. The van der Waals surface area contributed by atoms with Crippen molar-refractivity contribution in [1.82, 2.24) is 9.97 Å². The molecule has 1 aromatic heterocycles. The van der Waals surface area contributed by atoms with E-state index >= 15 is 0 Å². The summed E-state index contributed by atoms with van der Waals surface area (Å²) in [6.45, 7) is 0. The summed E-state index contributed by atoms with van der Waals surface area (Å²) in [7, 11) is 0. The van der Waals surface area contributed by atoms with Crippen LogP contribution < -0.4 is 5.32 Å². The number of non-ortho nitro benzene ring substituents is 1. The van der Waals surface area contributed by atoms with E-state index in [9.17, 15) is 14.9 Å². The molecule has 1 aromatic carbocycles. The minimum atomic E-state index is -0.580. The first-order valence-electron chi connectivity index (χ1n) is 5.20. The minimum absolute atomic E-state index is 0.0111. The molecular formula is C11H6BrClN4O3. The van der Waals surface area contributed by atoms with Gasteiger partial charge in [-0.3, -0.25) is 14.9 Å². The van der Waals surface area contributed by atoms with Crippen LogP contribution in [0.1, 0.15) is 10.4 Å². The van der Waals surface area contributed by atoms with Gasteiger partial charge in [0.15, 0.2) is 0 Å². The highest BCUT2D eigenvalue weighted by atomic mass is 79.9. The van der Waals surface area contributed by atoms with Crippen molar-refractivity contribution < 1.29 is 9.72 Å². The average Bonchev–Trinajstić information content (AvgIpc) is 2.37. The number of nitro groups is 1. The van der Waals surface area contributed by atoms with Gasteiger partial charge in [-0.05, 0) is 23.7 Å². The van der Waals surface area contributed by atoms with Crippen LogP contribution in [0.4, 0.5) is 11.5 Å². The predicted octanol–water partition coefficient (Wildman–Crippen LogP) is 3.05. The quantitative estimate of drug-likeness (QED) is 0.517. The van der Waals surface area contributed by atoms with Gasteiger partial charge >= 0.3 is 0 Å². The van der Waals surface area contributed by atoms with E-state index in [1.165, 1.54) is 30.5 Å². The number of amides is 1. The molecule has 1 heterocycles. The average molecular weight is 358 g/mol. The van der Waals surface area contributed by atoms with Gasteiger partial charge in [-0.15, -0.1) is 0 Å². The molecule has 1 N–H and O–H groups in total. The molecule has 0 saturated heterocycles. The van der Waals surface area contributed by atoms with Crippen LogP contribution in [0.5, 0.6) is 0 Å². The van der Waals surface area contributed by atoms with Gasteiger partial charge < -0.3 is 5.32 Å². The Balaban J connectivity index is 2.27. The molecule has 0 bridgehead atoms. The fraction of sp³-hybridized carbons (Fsp3) is 0. The molecule has 0 fully saturated rings. The number of carbonyl (C=O) groups is 1. The molecule has 0 aliphatic rings. The fourth-order valence-corrected chi connectivity index (χ4v) is 2.03. The van der Waals surface area contributed by atoms with Crippen LogP contribution in [0, 0.1) is 10.1 Å². The van der Waals surface area contributed by atoms with Crippen LogP contribution in [-0.2, 0) is 0 Å². The summed E-state index contributed by atoms with van der Waals surface area (Å²) in [4.78, 5) is 29.6. The lowest BCUT2D eigenvalue weighted by Crippen LogP contribution is -2.13. The van der Waals surface area contributed by atoms with E-state index in [2.05, 4.69) is 31.2 Å². The molecule has 2 aromatic rings. The lowest BCUT2D eigenvalue weighted by molar-refractivity contribution is -0.384.